The Balaban J connectivity index is 1.74. The van der Waals surface area contributed by atoms with Gasteiger partial charge >= 0.3 is 0 Å². The third kappa shape index (κ3) is 4.00. The molecule has 8 heteroatoms. The summed E-state index contributed by atoms with van der Waals surface area (Å²) in [6.07, 6.45) is 0.122. The SMILES string of the molecule is COCCOc1ccc(-c2noc(C3(C)CCC(F)(F)CC3)n2)cc1F. The standard InChI is InChI=1S/C18H21F3N2O3/c1-17(5-7-18(20,21)8-6-17)16-22-15(23-26-16)12-3-4-14(13(19)11-12)25-10-9-24-2/h3-4,11H,5-10H2,1-2H3. The van der Waals surface area contributed by atoms with Gasteiger partial charge in [-0.1, -0.05) is 12.1 Å². The van der Waals surface area contributed by atoms with Gasteiger partial charge in [0, 0.05) is 30.9 Å². The second-order valence-electron chi connectivity index (χ2n) is 6.83. The van der Waals surface area contributed by atoms with Crippen molar-refractivity contribution >= 4 is 0 Å². The number of rotatable bonds is 6. The van der Waals surface area contributed by atoms with Crippen LogP contribution in [0.2, 0.25) is 0 Å². The van der Waals surface area contributed by atoms with Crippen LogP contribution in [0, 0.1) is 5.82 Å². The number of nitrogens with zero attached hydrogens (tertiary/aromatic N) is 2. The minimum Gasteiger partial charge on any atom is -0.488 e. The van der Waals surface area contributed by atoms with Gasteiger partial charge < -0.3 is 14.0 Å². The van der Waals surface area contributed by atoms with E-state index in [1.807, 2.05) is 6.92 Å². The smallest absolute Gasteiger partial charge is 0.248 e. The van der Waals surface area contributed by atoms with Crippen LogP contribution in [0.25, 0.3) is 11.4 Å². The Morgan fingerprint density at radius 3 is 2.54 bits per heavy atom. The molecule has 1 fully saturated rings. The van der Waals surface area contributed by atoms with Crippen LogP contribution in [0.3, 0.4) is 0 Å². The maximum atomic E-state index is 14.1. The van der Waals surface area contributed by atoms with E-state index in [1.165, 1.54) is 19.2 Å². The zero-order valence-electron chi connectivity index (χ0n) is 14.7. The number of ether oxygens (including phenoxy) is 2. The fourth-order valence-corrected chi connectivity index (χ4v) is 2.96. The molecular formula is C18H21F3N2O3. The van der Waals surface area contributed by atoms with E-state index in [0.717, 1.165) is 0 Å². The topological polar surface area (TPSA) is 57.4 Å². The van der Waals surface area contributed by atoms with Gasteiger partial charge in [-0.15, -0.1) is 0 Å². The highest BCUT2D eigenvalue weighted by molar-refractivity contribution is 5.56. The van der Waals surface area contributed by atoms with Gasteiger partial charge in [0.2, 0.25) is 17.6 Å². The molecular weight excluding hydrogens is 349 g/mol. The third-order valence-electron chi connectivity index (χ3n) is 4.76. The number of hydrogen-bond donors (Lipinski definition) is 0. The summed E-state index contributed by atoms with van der Waals surface area (Å²) in [5.74, 6) is -2.54. The Hall–Kier alpha value is -2.09. The van der Waals surface area contributed by atoms with E-state index in [4.69, 9.17) is 14.0 Å². The predicted molar refractivity (Wildman–Crippen MR) is 87.8 cm³/mol. The minimum absolute atomic E-state index is 0.107. The second-order valence-corrected chi connectivity index (χ2v) is 6.83. The second kappa shape index (κ2) is 7.26. The average Bonchev–Trinajstić information content (AvgIpc) is 3.10. The average molecular weight is 370 g/mol. The number of benzene rings is 1. The molecule has 0 radical (unpaired) electrons. The molecule has 0 saturated heterocycles. The van der Waals surface area contributed by atoms with Gasteiger partial charge in [0.1, 0.15) is 6.61 Å². The first-order valence-electron chi connectivity index (χ1n) is 8.47. The molecule has 1 saturated carbocycles. The summed E-state index contributed by atoms with van der Waals surface area (Å²) < 4.78 is 56.4. The quantitative estimate of drug-likeness (QED) is 0.707. The molecule has 26 heavy (non-hydrogen) atoms. The molecule has 142 valence electrons. The van der Waals surface area contributed by atoms with Gasteiger partial charge in [0.05, 0.1) is 6.61 Å². The van der Waals surface area contributed by atoms with E-state index < -0.39 is 17.2 Å². The van der Waals surface area contributed by atoms with E-state index in [1.54, 1.807) is 6.07 Å². The lowest BCUT2D eigenvalue weighted by atomic mass is 9.74. The predicted octanol–water partition coefficient (Wildman–Crippen LogP) is 4.37. The first-order valence-corrected chi connectivity index (χ1v) is 8.47. The van der Waals surface area contributed by atoms with E-state index in [-0.39, 0.29) is 43.9 Å². The van der Waals surface area contributed by atoms with E-state index in [0.29, 0.717) is 18.1 Å². The summed E-state index contributed by atoms with van der Waals surface area (Å²) in [4.78, 5) is 4.32. The largest absolute Gasteiger partial charge is 0.488 e. The highest BCUT2D eigenvalue weighted by atomic mass is 19.3. The molecule has 0 bridgehead atoms. The van der Waals surface area contributed by atoms with Crippen molar-refractivity contribution in [3.63, 3.8) is 0 Å². The van der Waals surface area contributed by atoms with Gasteiger partial charge in [-0.3, -0.25) is 0 Å². The van der Waals surface area contributed by atoms with Crippen molar-refractivity contribution in [2.45, 2.75) is 43.9 Å². The van der Waals surface area contributed by atoms with E-state index in [9.17, 15) is 13.2 Å². The lowest BCUT2D eigenvalue weighted by molar-refractivity contribution is -0.0532. The Labute approximate surface area is 149 Å². The Morgan fingerprint density at radius 1 is 1.15 bits per heavy atom. The molecule has 0 unspecified atom stereocenters. The Kier molecular flexibility index (Phi) is 5.22. The number of hydrogen-bond acceptors (Lipinski definition) is 5. The highest BCUT2D eigenvalue weighted by Gasteiger charge is 2.44. The zero-order valence-corrected chi connectivity index (χ0v) is 14.7. The first kappa shape index (κ1) is 18.7. The van der Waals surface area contributed by atoms with Crippen molar-refractivity contribution in [1.29, 1.82) is 0 Å². The van der Waals surface area contributed by atoms with Gasteiger partial charge in [0.15, 0.2) is 11.6 Å². The summed E-state index contributed by atoms with van der Waals surface area (Å²) in [5, 5.41) is 3.89. The Morgan fingerprint density at radius 2 is 1.88 bits per heavy atom. The maximum absolute atomic E-state index is 14.1. The molecule has 1 aromatic heterocycles. The van der Waals surface area contributed by atoms with Crippen LogP contribution in [0.5, 0.6) is 5.75 Å². The van der Waals surface area contributed by atoms with Crippen molar-refractivity contribution in [2.24, 2.45) is 0 Å². The lowest BCUT2D eigenvalue weighted by Crippen LogP contribution is -2.34. The Bertz CT molecular complexity index is 754. The van der Waals surface area contributed by atoms with Crippen LogP contribution in [0.4, 0.5) is 13.2 Å². The molecule has 1 aromatic carbocycles. The van der Waals surface area contributed by atoms with Crippen LogP contribution >= 0.6 is 0 Å². The molecule has 2 aromatic rings. The van der Waals surface area contributed by atoms with Crippen LogP contribution in [-0.2, 0) is 10.2 Å². The first-order chi connectivity index (χ1) is 12.3. The number of methoxy groups -OCH3 is 1. The van der Waals surface area contributed by atoms with Gasteiger partial charge in [-0.25, -0.2) is 13.2 Å². The number of alkyl halides is 2. The van der Waals surface area contributed by atoms with Crippen molar-refractivity contribution in [1.82, 2.24) is 10.1 Å². The summed E-state index contributed by atoms with van der Waals surface area (Å²) in [7, 11) is 1.53. The summed E-state index contributed by atoms with van der Waals surface area (Å²) in [5.41, 5.74) is -0.157. The molecule has 5 nitrogen and oxygen atoms in total. The summed E-state index contributed by atoms with van der Waals surface area (Å²) in [6.45, 7) is 2.43. The van der Waals surface area contributed by atoms with Crippen LogP contribution in [-0.4, -0.2) is 36.4 Å². The number of aromatic nitrogens is 2. The van der Waals surface area contributed by atoms with Gasteiger partial charge in [0.25, 0.3) is 0 Å². The van der Waals surface area contributed by atoms with Crippen molar-refractivity contribution in [2.75, 3.05) is 20.3 Å². The molecule has 0 N–H and O–H groups in total. The van der Waals surface area contributed by atoms with Crippen molar-refractivity contribution in [3.8, 4) is 17.1 Å². The molecule has 1 aliphatic rings. The van der Waals surface area contributed by atoms with Crippen molar-refractivity contribution < 1.29 is 27.2 Å². The summed E-state index contributed by atoms with van der Waals surface area (Å²) in [6, 6.07) is 4.37. The summed E-state index contributed by atoms with van der Waals surface area (Å²) >= 11 is 0. The van der Waals surface area contributed by atoms with Crippen molar-refractivity contribution in [3.05, 3.63) is 29.9 Å². The van der Waals surface area contributed by atoms with Crippen LogP contribution in [0.1, 0.15) is 38.5 Å². The zero-order chi connectivity index (χ0) is 18.8. The fourth-order valence-electron chi connectivity index (χ4n) is 2.96. The molecule has 3 rings (SSSR count). The molecule has 1 aliphatic carbocycles. The minimum atomic E-state index is -2.63. The van der Waals surface area contributed by atoms with E-state index in [2.05, 4.69) is 10.1 Å². The van der Waals surface area contributed by atoms with Gasteiger partial charge in [-0.05, 0) is 31.0 Å². The third-order valence-corrected chi connectivity index (χ3v) is 4.76. The number of halogens is 3. The molecule has 0 atom stereocenters. The fraction of sp³-hybridized carbons (Fsp3) is 0.556. The monoisotopic (exact) mass is 370 g/mol. The van der Waals surface area contributed by atoms with Crippen LogP contribution < -0.4 is 4.74 Å². The van der Waals surface area contributed by atoms with Gasteiger partial charge in [-0.2, -0.15) is 4.98 Å². The molecule has 0 spiro atoms. The maximum Gasteiger partial charge on any atom is 0.248 e. The molecule has 0 aliphatic heterocycles. The normalized spacial score (nSPS) is 18.7. The van der Waals surface area contributed by atoms with E-state index >= 15 is 0 Å². The van der Waals surface area contributed by atoms with Crippen LogP contribution in [0.15, 0.2) is 22.7 Å². The highest BCUT2D eigenvalue weighted by Crippen LogP contribution is 2.44. The molecule has 0 amide bonds. The lowest BCUT2D eigenvalue weighted by Gasteiger charge is -2.34. The molecule has 1 heterocycles.